The summed E-state index contributed by atoms with van der Waals surface area (Å²) in [6.07, 6.45) is 2.96. The maximum Gasteiger partial charge on any atom is -0.000705 e. The molecule has 8 aromatic carbocycles. The van der Waals surface area contributed by atoms with Crippen LogP contribution < -0.4 is 0 Å². The fourth-order valence-electron chi connectivity index (χ4n) is 9.00. The number of rotatable bonds is 6. The van der Waals surface area contributed by atoms with E-state index in [1.54, 1.807) is 0 Å². The highest BCUT2D eigenvalue weighted by atomic mass is 14.3. The third kappa shape index (κ3) is 4.90. The summed E-state index contributed by atoms with van der Waals surface area (Å²) < 4.78 is 0. The number of benzene rings is 8. The molecule has 0 aromatic heterocycles. The minimum Gasteiger partial charge on any atom is -0.0622 e. The van der Waals surface area contributed by atoms with E-state index in [9.17, 15) is 0 Å². The van der Waals surface area contributed by atoms with Crippen LogP contribution in [0.15, 0.2) is 176 Å². The van der Waals surface area contributed by atoms with Gasteiger partial charge in [0.1, 0.15) is 0 Å². The van der Waals surface area contributed by atoms with E-state index in [0.29, 0.717) is 0 Å². The Morgan fingerprint density at radius 1 is 0.327 bits per heavy atom. The molecule has 0 saturated heterocycles. The predicted molar refractivity (Wildman–Crippen MR) is 219 cm³/mol. The Kier molecular flexibility index (Phi) is 7.36. The summed E-state index contributed by atoms with van der Waals surface area (Å²) in [4.78, 5) is 0. The summed E-state index contributed by atoms with van der Waals surface area (Å²) in [7, 11) is 0. The molecule has 2 aliphatic carbocycles. The van der Waals surface area contributed by atoms with Crippen molar-refractivity contribution in [2.45, 2.75) is 26.2 Å². The first-order valence-corrected chi connectivity index (χ1v) is 18.6. The molecule has 2 aliphatic rings. The van der Waals surface area contributed by atoms with Gasteiger partial charge in [0, 0.05) is 0 Å². The molecule has 246 valence electrons. The molecule has 0 aliphatic heterocycles. The van der Waals surface area contributed by atoms with Gasteiger partial charge in [-0.2, -0.15) is 0 Å². The second-order valence-electron chi connectivity index (χ2n) is 14.2. The smallest absolute Gasteiger partial charge is 0.000705 e. The molecule has 0 heteroatoms. The van der Waals surface area contributed by atoms with Crippen LogP contribution in [0, 0.1) is 0 Å². The zero-order chi connectivity index (χ0) is 34.6. The summed E-state index contributed by atoms with van der Waals surface area (Å²) >= 11 is 0. The van der Waals surface area contributed by atoms with Crippen molar-refractivity contribution in [3.8, 4) is 77.9 Å². The summed E-state index contributed by atoms with van der Waals surface area (Å²) in [6.45, 7) is 2.28. The normalized spacial score (nSPS) is 12.2. The van der Waals surface area contributed by atoms with Crippen molar-refractivity contribution >= 4 is 0 Å². The predicted octanol–water partition coefficient (Wildman–Crippen LogP) is 13.7. The molecule has 0 unspecified atom stereocenters. The summed E-state index contributed by atoms with van der Waals surface area (Å²) in [5.74, 6) is 0. The van der Waals surface area contributed by atoms with Gasteiger partial charge in [-0.15, -0.1) is 0 Å². The molecule has 0 N–H and O–H groups in total. The highest BCUT2D eigenvalue weighted by molar-refractivity contribution is 6.02. The summed E-state index contributed by atoms with van der Waals surface area (Å²) in [5.41, 5.74) is 25.5. The molecule has 0 radical (unpaired) electrons. The van der Waals surface area contributed by atoms with Gasteiger partial charge in [0.15, 0.2) is 0 Å². The largest absolute Gasteiger partial charge is 0.0622 e. The molecule has 0 amide bonds. The molecule has 8 aromatic rings. The van der Waals surface area contributed by atoms with Crippen molar-refractivity contribution in [2.24, 2.45) is 0 Å². The summed E-state index contributed by atoms with van der Waals surface area (Å²) in [6, 6.07) is 65.4. The zero-order valence-corrected chi connectivity index (χ0v) is 29.4. The van der Waals surface area contributed by atoms with Crippen LogP contribution in [0.2, 0.25) is 0 Å². The fourth-order valence-corrected chi connectivity index (χ4v) is 9.00. The van der Waals surface area contributed by atoms with E-state index in [1.807, 2.05) is 0 Å². The van der Waals surface area contributed by atoms with Crippen LogP contribution in [0.3, 0.4) is 0 Å². The number of hydrogen-bond donors (Lipinski definition) is 0. The molecule has 0 fully saturated rings. The molecule has 0 nitrogen and oxygen atoms in total. The van der Waals surface area contributed by atoms with E-state index >= 15 is 0 Å². The van der Waals surface area contributed by atoms with Crippen LogP contribution in [0.5, 0.6) is 0 Å². The van der Waals surface area contributed by atoms with Gasteiger partial charge in [0.25, 0.3) is 0 Å². The van der Waals surface area contributed by atoms with Crippen LogP contribution in [-0.4, -0.2) is 0 Å². The first-order valence-electron chi connectivity index (χ1n) is 18.6. The Bertz CT molecular complexity index is 2620. The van der Waals surface area contributed by atoms with Gasteiger partial charge in [-0.05, 0) is 131 Å². The number of fused-ring (bicyclic) bond motifs is 6. The highest BCUT2D eigenvalue weighted by Gasteiger charge is 2.28. The quantitative estimate of drug-likeness (QED) is 0.166. The lowest BCUT2D eigenvalue weighted by atomic mass is 9.82. The second kappa shape index (κ2) is 12.5. The first-order chi connectivity index (χ1) is 25.8. The fraction of sp³-hybridized carbons (Fsp3) is 0.0769. The van der Waals surface area contributed by atoms with Crippen molar-refractivity contribution in [3.63, 3.8) is 0 Å². The van der Waals surface area contributed by atoms with Crippen molar-refractivity contribution in [2.75, 3.05) is 0 Å². The molecule has 52 heavy (non-hydrogen) atoms. The van der Waals surface area contributed by atoms with Gasteiger partial charge in [-0.3, -0.25) is 0 Å². The summed E-state index contributed by atoms with van der Waals surface area (Å²) in [5, 5.41) is 0. The topological polar surface area (TPSA) is 0 Å². The Morgan fingerprint density at radius 3 is 1.48 bits per heavy atom. The van der Waals surface area contributed by atoms with Gasteiger partial charge in [0.05, 0.1) is 0 Å². The average molecular weight is 663 g/mol. The molecular formula is C52H38. The van der Waals surface area contributed by atoms with Crippen LogP contribution in [0.1, 0.15) is 34.7 Å². The lowest BCUT2D eigenvalue weighted by Gasteiger charge is -2.21. The second-order valence-corrected chi connectivity index (χ2v) is 14.2. The van der Waals surface area contributed by atoms with Crippen molar-refractivity contribution in [3.05, 3.63) is 204 Å². The molecule has 10 rings (SSSR count). The SMILES string of the molecule is CCc1ccc(-c2ccccc2-c2ccc(-c3cc4c(c(-c5ccccc5)c3-c3ccccc3)Cc3ccccc3-4)cc2)c2c1-c1ccccc1C2. The zero-order valence-electron chi connectivity index (χ0n) is 29.4. The van der Waals surface area contributed by atoms with Gasteiger partial charge < -0.3 is 0 Å². The first kappa shape index (κ1) is 30.6. The Balaban J connectivity index is 1.14. The van der Waals surface area contributed by atoms with Crippen molar-refractivity contribution < 1.29 is 0 Å². The van der Waals surface area contributed by atoms with Crippen molar-refractivity contribution in [1.82, 2.24) is 0 Å². The molecule has 0 atom stereocenters. The minimum atomic E-state index is 0.944. The van der Waals surface area contributed by atoms with E-state index in [0.717, 1.165) is 19.3 Å². The maximum atomic E-state index is 2.47. The Labute approximate surface area is 306 Å². The lowest BCUT2D eigenvalue weighted by Crippen LogP contribution is -1.97. The standard InChI is InChI=1S/C52H38/c1-2-34-29-30-45(48-32-40-20-10-12-23-43(40)50(34)48)44-24-14-13-21-41(44)35-25-27-36(28-26-35)46-33-47-42-22-11-9-19-39(42)31-49(47)52(38-17-7-4-8-18-38)51(46)37-15-5-3-6-16-37/h3-30,33H,2,31-32H2,1H3. The van der Waals surface area contributed by atoms with Gasteiger partial charge in [0.2, 0.25) is 0 Å². The molecule has 0 bridgehead atoms. The van der Waals surface area contributed by atoms with Gasteiger partial charge in [-0.25, -0.2) is 0 Å². The van der Waals surface area contributed by atoms with Crippen LogP contribution in [0.25, 0.3) is 77.9 Å². The molecule has 0 saturated carbocycles. The van der Waals surface area contributed by atoms with Crippen molar-refractivity contribution in [1.29, 1.82) is 0 Å². The van der Waals surface area contributed by atoms with E-state index in [2.05, 4.69) is 183 Å². The van der Waals surface area contributed by atoms with E-state index in [-0.39, 0.29) is 0 Å². The maximum absolute atomic E-state index is 2.47. The monoisotopic (exact) mass is 662 g/mol. The Morgan fingerprint density at radius 2 is 0.827 bits per heavy atom. The molecule has 0 heterocycles. The number of aryl methyl sites for hydroxylation is 1. The number of hydrogen-bond acceptors (Lipinski definition) is 0. The van der Waals surface area contributed by atoms with E-state index < -0.39 is 0 Å². The van der Waals surface area contributed by atoms with Crippen LogP contribution >= 0.6 is 0 Å². The van der Waals surface area contributed by atoms with Crippen LogP contribution in [0.4, 0.5) is 0 Å². The van der Waals surface area contributed by atoms with Crippen LogP contribution in [-0.2, 0) is 19.3 Å². The third-order valence-corrected chi connectivity index (χ3v) is 11.4. The third-order valence-electron chi connectivity index (χ3n) is 11.4. The average Bonchev–Trinajstić information content (AvgIpc) is 3.80. The minimum absolute atomic E-state index is 0.944. The molecule has 0 spiro atoms. The lowest BCUT2D eigenvalue weighted by molar-refractivity contribution is 1.14. The van der Waals surface area contributed by atoms with E-state index in [4.69, 9.17) is 0 Å². The highest BCUT2D eigenvalue weighted by Crippen LogP contribution is 2.51. The van der Waals surface area contributed by atoms with E-state index in [1.165, 1.54) is 106 Å². The Hall–Kier alpha value is -6.24. The van der Waals surface area contributed by atoms with Gasteiger partial charge >= 0.3 is 0 Å². The van der Waals surface area contributed by atoms with Gasteiger partial charge in [-0.1, -0.05) is 177 Å². The molecular weight excluding hydrogens is 625 g/mol.